The average Bonchev–Trinajstić information content (AvgIpc) is 1.86. The van der Waals surface area contributed by atoms with E-state index in [1.165, 1.54) is 0 Å². The molecule has 0 fully saturated rings. The largest absolute Gasteiger partial charge is 0.242 e. The molecule has 0 saturated carbocycles. The molecule has 0 atom stereocenters. The zero-order chi connectivity index (χ0) is 8.48. The van der Waals surface area contributed by atoms with Crippen molar-refractivity contribution in [1.29, 1.82) is 0 Å². The summed E-state index contributed by atoms with van der Waals surface area (Å²) in [7, 11) is 0. The molecule has 0 N–H and O–H groups in total. The van der Waals surface area contributed by atoms with Crippen LogP contribution in [0.2, 0.25) is 0 Å². The summed E-state index contributed by atoms with van der Waals surface area (Å²) in [5, 5.41) is 0. The molecule has 5 heteroatoms. The van der Waals surface area contributed by atoms with Crippen LogP contribution in [0.1, 0.15) is 11.5 Å². The Balaban J connectivity index is 3.06. The highest BCUT2D eigenvalue weighted by Gasteiger charge is 2.21. The second-order valence-electron chi connectivity index (χ2n) is 1.99. The lowest BCUT2D eigenvalue weighted by Gasteiger charge is -2.10. The summed E-state index contributed by atoms with van der Waals surface area (Å²) in [6, 6.07) is 1.94. The van der Waals surface area contributed by atoms with Gasteiger partial charge in [-0.25, -0.2) is 9.97 Å². The number of aryl methyl sites for hydroxylation is 1. The predicted molar refractivity (Wildman–Crippen MR) is 70.5 cm³/mol. The van der Waals surface area contributed by atoms with Gasteiger partial charge >= 0.3 is 0 Å². The highest BCUT2D eigenvalue weighted by molar-refractivity contribution is 14.3. The molecule has 0 aliphatic carbocycles. The Morgan fingerprint density at radius 1 is 1.36 bits per heavy atom. The van der Waals surface area contributed by atoms with Crippen LogP contribution in [-0.4, -0.2) is 9.97 Å². The summed E-state index contributed by atoms with van der Waals surface area (Å²) in [5.41, 5.74) is 1.06. The molecule has 1 aromatic heterocycles. The summed E-state index contributed by atoms with van der Waals surface area (Å²) in [4.78, 5) is 8.34. The summed E-state index contributed by atoms with van der Waals surface area (Å²) in [6.45, 7) is 1.90. The SMILES string of the molecule is Cc1nccc(C(I)(I)I)n1. The Kier molecular flexibility index (Phi) is 3.75. The quantitative estimate of drug-likeness (QED) is 0.451. The van der Waals surface area contributed by atoms with Gasteiger partial charge in [-0.15, -0.1) is 0 Å². The van der Waals surface area contributed by atoms with Crippen LogP contribution in [0.25, 0.3) is 0 Å². The molecule has 0 radical (unpaired) electrons. The number of rotatable bonds is 1. The molecular weight excluding hydrogens is 481 g/mol. The molecule has 11 heavy (non-hydrogen) atoms. The van der Waals surface area contributed by atoms with Crippen LogP contribution in [0.5, 0.6) is 0 Å². The zero-order valence-electron chi connectivity index (χ0n) is 5.68. The molecule has 1 heterocycles. The average molecular weight is 486 g/mol. The lowest BCUT2D eigenvalue weighted by Crippen LogP contribution is -2.02. The fourth-order valence-corrected chi connectivity index (χ4v) is 1.52. The first-order chi connectivity index (χ1) is 5.00. The molecule has 1 rings (SSSR count). The van der Waals surface area contributed by atoms with Gasteiger partial charge < -0.3 is 0 Å². The number of alkyl halides is 3. The number of hydrogen-bond acceptors (Lipinski definition) is 2. The van der Waals surface area contributed by atoms with E-state index in [-0.39, 0.29) is -0.565 Å². The lowest BCUT2D eigenvalue weighted by molar-refractivity contribution is 1.00. The standard InChI is InChI=1S/C6H5I3N2/c1-4-10-3-2-5(11-4)6(7,8)9/h2-3H,1H3. The number of nitrogens with zero attached hydrogens (tertiary/aromatic N) is 2. The van der Waals surface area contributed by atoms with Crippen molar-refractivity contribution in [3.8, 4) is 0 Å². The number of halogens is 3. The molecule has 0 unspecified atom stereocenters. The van der Waals surface area contributed by atoms with E-state index in [1.54, 1.807) is 6.20 Å². The van der Waals surface area contributed by atoms with Crippen molar-refractivity contribution >= 4 is 67.8 Å². The molecule has 0 aliphatic rings. The Morgan fingerprint density at radius 2 is 2.00 bits per heavy atom. The maximum Gasteiger partial charge on any atom is 0.165 e. The molecule has 0 aromatic carbocycles. The summed E-state index contributed by atoms with van der Waals surface area (Å²) in [6.07, 6.45) is 1.79. The highest BCUT2D eigenvalue weighted by atomic mass is 127. The van der Waals surface area contributed by atoms with Crippen molar-refractivity contribution in [2.45, 2.75) is 6.36 Å². The summed E-state index contributed by atoms with van der Waals surface area (Å²) in [5.74, 6) is 0.830. The topological polar surface area (TPSA) is 25.8 Å². The maximum atomic E-state index is 4.31. The van der Waals surface area contributed by atoms with E-state index in [2.05, 4.69) is 77.7 Å². The molecule has 0 bridgehead atoms. The van der Waals surface area contributed by atoms with Gasteiger partial charge in [0.25, 0.3) is 0 Å². The molecule has 0 saturated heterocycles. The highest BCUT2D eigenvalue weighted by Crippen LogP contribution is 2.44. The van der Waals surface area contributed by atoms with Crippen LogP contribution < -0.4 is 0 Å². The van der Waals surface area contributed by atoms with E-state index in [1.807, 2.05) is 13.0 Å². The Hall–Kier alpha value is 1.27. The van der Waals surface area contributed by atoms with Gasteiger partial charge in [0.2, 0.25) is 0 Å². The maximum absolute atomic E-state index is 4.31. The van der Waals surface area contributed by atoms with Crippen LogP contribution in [0, 0.1) is 6.92 Å². The van der Waals surface area contributed by atoms with Crippen molar-refractivity contribution in [3.63, 3.8) is 0 Å². The van der Waals surface area contributed by atoms with E-state index in [0.717, 1.165) is 11.5 Å². The molecule has 1 aromatic rings. The molecule has 0 aliphatic heterocycles. The number of hydrogen-bond donors (Lipinski definition) is 0. The number of aromatic nitrogens is 2. The van der Waals surface area contributed by atoms with Gasteiger partial charge in [-0.05, 0) is 80.8 Å². The van der Waals surface area contributed by atoms with Crippen LogP contribution in [0.4, 0.5) is 0 Å². The van der Waals surface area contributed by atoms with E-state index in [9.17, 15) is 0 Å². The first-order valence-electron chi connectivity index (χ1n) is 2.87. The summed E-state index contributed by atoms with van der Waals surface area (Å²) >= 11 is 7.03. The van der Waals surface area contributed by atoms with Crippen LogP contribution in [-0.2, 0) is -0.565 Å². The molecular formula is C6H5I3N2. The van der Waals surface area contributed by atoms with Crippen molar-refractivity contribution in [2.24, 2.45) is 0 Å². The molecule has 60 valence electrons. The van der Waals surface area contributed by atoms with Crippen molar-refractivity contribution in [1.82, 2.24) is 9.97 Å². The fourth-order valence-electron chi connectivity index (χ4n) is 0.614. The second kappa shape index (κ2) is 3.99. The van der Waals surface area contributed by atoms with Gasteiger partial charge in [-0.2, -0.15) is 0 Å². The van der Waals surface area contributed by atoms with Crippen LogP contribution in [0.15, 0.2) is 12.3 Å². The molecule has 2 nitrogen and oxygen atoms in total. The van der Waals surface area contributed by atoms with Gasteiger partial charge in [-0.3, -0.25) is 0 Å². The second-order valence-corrected chi connectivity index (χ2v) is 13.0. The first kappa shape index (κ1) is 10.4. The van der Waals surface area contributed by atoms with E-state index in [4.69, 9.17) is 0 Å². The third-order valence-electron chi connectivity index (χ3n) is 1.07. The van der Waals surface area contributed by atoms with Crippen molar-refractivity contribution in [3.05, 3.63) is 23.8 Å². The normalized spacial score (nSPS) is 11.6. The minimum absolute atomic E-state index is 0.0426. The van der Waals surface area contributed by atoms with Gasteiger partial charge in [0.1, 0.15) is 5.82 Å². The third kappa shape index (κ3) is 3.25. The van der Waals surface area contributed by atoms with Gasteiger partial charge in [0, 0.05) is 6.20 Å². The predicted octanol–water partition coefficient (Wildman–Crippen LogP) is 3.20. The van der Waals surface area contributed by atoms with Gasteiger partial charge in [0.05, 0.1) is 5.69 Å². The lowest BCUT2D eigenvalue weighted by atomic mass is 10.4. The zero-order valence-corrected chi connectivity index (χ0v) is 12.2. The smallest absolute Gasteiger partial charge is 0.165 e. The van der Waals surface area contributed by atoms with E-state index in [0.29, 0.717) is 0 Å². The Bertz CT molecular complexity index is 256. The van der Waals surface area contributed by atoms with E-state index >= 15 is 0 Å². The minimum Gasteiger partial charge on any atom is -0.242 e. The van der Waals surface area contributed by atoms with Crippen molar-refractivity contribution < 1.29 is 0 Å². The molecule has 0 amide bonds. The van der Waals surface area contributed by atoms with Gasteiger partial charge in [-0.1, -0.05) is 0 Å². The monoisotopic (exact) mass is 486 g/mol. The first-order valence-corrected chi connectivity index (χ1v) is 6.10. The van der Waals surface area contributed by atoms with Crippen LogP contribution >= 0.6 is 67.8 Å². The third-order valence-corrected chi connectivity index (χ3v) is 2.72. The summed E-state index contributed by atoms with van der Waals surface area (Å²) < 4.78 is 0.0426. The fraction of sp³-hybridized carbons (Fsp3) is 0.333. The molecule has 0 spiro atoms. The van der Waals surface area contributed by atoms with E-state index < -0.39 is 0 Å². The minimum atomic E-state index is 0.0426. The Morgan fingerprint density at radius 3 is 2.36 bits per heavy atom. The Labute approximate surface area is 106 Å². The van der Waals surface area contributed by atoms with Crippen LogP contribution in [0.3, 0.4) is 0 Å². The van der Waals surface area contributed by atoms with Crippen molar-refractivity contribution in [2.75, 3.05) is 0 Å². The van der Waals surface area contributed by atoms with Gasteiger partial charge in [0.15, 0.2) is -0.565 Å².